The van der Waals surface area contributed by atoms with Crippen molar-refractivity contribution < 1.29 is 9.18 Å². The molecule has 0 amide bonds. The summed E-state index contributed by atoms with van der Waals surface area (Å²) in [5.41, 5.74) is 0.719. The predicted molar refractivity (Wildman–Crippen MR) is 53.9 cm³/mol. The maximum Gasteiger partial charge on any atom is 0.163 e. The lowest BCUT2D eigenvalue weighted by Crippen LogP contribution is -2.02. The van der Waals surface area contributed by atoms with E-state index in [4.69, 9.17) is 0 Å². The second-order valence-electron chi connectivity index (χ2n) is 2.61. The van der Waals surface area contributed by atoms with E-state index >= 15 is 0 Å². The van der Waals surface area contributed by atoms with Crippen molar-refractivity contribution in [3.8, 4) is 0 Å². The largest absolute Gasteiger partial charge is 0.294 e. The van der Waals surface area contributed by atoms with Gasteiger partial charge >= 0.3 is 0 Å². The first kappa shape index (κ1) is 9.64. The molecule has 1 nitrogen and oxygen atoms in total. The maximum absolute atomic E-state index is 13.3. The van der Waals surface area contributed by atoms with Crippen LogP contribution in [0.2, 0.25) is 0 Å². The lowest BCUT2D eigenvalue weighted by molar-refractivity contribution is 0.101. The van der Waals surface area contributed by atoms with Crippen LogP contribution < -0.4 is 0 Å². The normalized spacial score (nSPS) is 10.0. The van der Waals surface area contributed by atoms with Gasteiger partial charge in [0.2, 0.25) is 0 Å². The van der Waals surface area contributed by atoms with Gasteiger partial charge in [-0.3, -0.25) is 4.79 Å². The Bertz CT molecular complexity index is 334. The number of hydrogen-bond donors (Lipinski definition) is 0. The van der Waals surface area contributed by atoms with Gasteiger partial charge in [0.15, 0.2) is 5.78 Å². The third-order valence-corrected chi connectivity index (χ3v) is 2.54. The summed E-state index contributed by atoms with van der Waals surface area (Å²) < 4.78 is 14.0. The summed E-state index contributed by atoms with van der Waals surface area (Å²) in [7, 11) is 0. The summed E-state index contributed by atoms with van der Waals surface area (Å²) in [4.78, 5) is 11.0. The number of rotatable bonds is 1. The number of aryl methyl sites for hydroxylation is 1. The third kappa shape index (κ3) is 1.65. The standard InChI is InChI=1S/C9H8FIO/c1-5-3-4-7(11)8(6(2)12)9(5)10/h3-4H,1-2H3. The van der Waals surface area contributed by atoms with E-state index in [1.54, 1.807) is 19.1 Å². The number of halogens is 2. The topological polar surface area (TPSA) is 17.1 Å². The first-order valence-electron chi connectivity index (χ1n) is 3.49. The zero-order valence-corrected chi connectivity index (χ0v) is 8.98. The number of carbonyl (C=O) groups is 1. The molecule has 0 atom stereocenters. The predicted octanol–water partition coefficient (Wildman–Crippen LogP) is 2.94. The Labute approximate surface area is 84.1 Å². The van der Waals surface area contributed by atoms with E-state index in [2.05, 4.69) is 0 Å². The highest BCUT2D eigenvalue weighted by Crippen LogP contribution is 2.19. The zero-order chi connectivity index (χ0) is 9.30. The van der Waals surface area contributed by atoms with E-state index in [-0.39, 0.29) is 11.3 Å². The van der Waals surface area contributed by atoms with Crippen molar-refractivity contribution in [1.29, 1.82) is 0 Å². The van der Waals surface area contributed by atoms with Crippen molar-refractivity contribution in [2.75, 3.05) is 0 Å². The van der Waals surface area contributed by atoms with E-state index in [0.717, 1.165) is 0 Å². The fourth-order valence-electron chi connectivity index (χ4n) is 0.979. The van der Waals surface area contributed by atoms with Gasteiger partial charge in [-0.15, -0.1) is 0 Å². The van der Waals surface area contributed by atoms with Gasteiger partial charge in [-0.25, -0.2) is 4.39 Å². The Morgan fingerprint density at radius 1 is 1.50 bits per heavy atom. The molecular weight excluding hydrogens is 270 g/mol. The van der Waals surface area contributed by atoms with Crippen molar-refractivity contribution in [3.63, 3.8) is 0 Å². The van der Waals surface area contributed by atoms with Crippen LogP contribution in [-0.4, -0.2) is 5.78 Å². The lowest BCUT2D eigenvalue weighted by Gasteiger charge is -2.03. The van der Waals surface area contributed by atoms with Crippen LogP contribution in [0.1, 0.15) is 22.8 Å². The Morgan fingerprint density at radius 2 is 2.08 bits per heavy atom. The molecule has 3 heteroatoms. The van der Waals surface area contributed by atoms with Gasteiger partial charge in [0, 0.05) is 3.57 Å². The van der Waals surface area contributed by atoms with Crippen molar-refractivity contribution in [3.05, 3.63) is 32.6 Å². The monoisotopic (exact) mass is 278 g/mol. The molecule has 1 aromatic rings. The Hall–Kier alpha value is -0.450. The van der Waals surface area contributed by atoms with Crippen LogP contribution in [0.4, 0.5) is 4.39 Å². The van der Waals surface area contributed by atoms with Crippen LogP contribution in [0, 0.1) is 16.3 Å². The second kappa shape index (κ2) is 3.51. The minimum absolute atomic E-state index is 0.204. The van der Waals surface area contributed by atoms with Crippen LogP contribution >= 0.6 is 22.6 Å². The highest BCUT2D eigenvalue weighted by Gasteiger charge is 2.12. The van der Waals surface area contributed by atoms with Crippen molar-refractivity contribution >= 4 is 28.4 Å². The molecule has 0 saturated heterocycles. The van der Waals surface area contributed by atoms with Gasteiger partial charge in [-0.1, -0.05) is 6.07 Å². The van der Waals surface area contributed by atoms with E-state index in [0.29, 0.717) is 9.13 Å². The highest BCUT2D eigenvalue weighted by atomic mass is 127. The van der Waals surface area contributed by atoms with Crippen LogP contribution in [0.5, 0.6) is 0 Å². The molecule has 0 saturated carbocycles. The summed E-state index contributed by atoms with van der Waals surface area (Å²) in [6, 6.07) is 3.42. The van der Waals surface area contributed by atoms with E-state index < -0.39 is 5.82 Å². The van der Waals surface area contributed by atoms with Crippen LogP contribution in [0.3, 0.4) is 0 Å². The summed E-state index contributed by atoms with van der Waals surface area (Å²) >= 11 is 1.96. The molecule has 12 heavy (non-hydrogen) atoms. The molecule has 0 aromatic heterocycles. The third-order valence-electron chi connectivity index (χ3n) is 1.64. The lowest BCUT2D eigenvalue weighted by atomic mass is 10.1. The van der Waals surface area contributed by atoms with Crippen LogP contribution in [-0.2, 0) is 0 Å². The molecule has 0 aliphatic carbocycles. The average molecular weight is 278 g/mol. The van der Waals surface area contributed by atoms with E-state index in [1.165, 1.54) is 6.92 Å². The first-order valence-corrected chi connectivity index (χ1v) is 4.57. The minimum atomic E-state index is -0.394. The first-order chi connectivity index (χ1) is 5.54. The van der Waals surface area contributed by atoms with Gasteiger partial charge in [0.05, 0.1) is 5.56 Å². The van der Waals surface area contributed by atoms with Crippen LogP contribution in [0.15, 0.2) is 12.1 Å². The molecule has 0 N–H and O–H groups in total. The molecule has 0 heterocycles. The average Bonchev–Trinajstić information content (AvgIpc) is 1.97. The molecule has 0 bridgehead atoms. The number of hydrogen-bond acceptors (Lipinski definition) is 1. The summed E-state index contributed by atoms with van der Waals surface area (Å²) in [6.45, 7) is 3.03. The van der Waals surface area contributed by atoms with Crippen molar-refractivity contribution in [1.82, 2.24) is 0 Å². The molecule has 0 unspecified atom stereocenters. The summed E-state index contributed by atoms with van der Waals surface area (Å²) in [5.74, 6) is -0.616. The molecule has 1 aromatic carbocycles. The van der Waals surface area contributed by atoms with E-state index in [1.807, 2.05) is 22.6 Å². The molecule has 64 valence electrons. The summed E-state index contributed by atoms with van der Waals surface area (Å²) in [5, 5.41) is 0. The molecule has 1 rings (SSSR count). The van der Waals surface area contributed by atoms with Gasteiger partial charge < -0.3 is 0 Å². The maximum atomic E-state index is 13.3. The molecule has 0 spiro atoms. The van der Waals surface area contributed by atoms with Gasteiger partial charge in [0.1, 0.15) is 5.82 Å². The van der Waals surface area contributed by atoms with Gasteiger partial charge in [-0.2, -0.15) is 0 Å². The number of Topliss-reactive ketones (excluding diaryl/α,β-unsaturated/α-hetero) is 1. The fourth-order valence-corrected chi connectivity index (χ4v) is 1.78. The fraction of sp³-hybridized carbons (Fsp3) is 0.222. The summed E-state index contributed by atoms with van der Waals surface area (Å²) in [6.07, 6.45) is 0. The number of ketones is 1. The van der Waals surface area contributed by atoms with Crippen LogP contribution in [0.25, 0.3) is 0 Å². The minimum Gasteiger partial charge on any atom is -0.294 e. The van der Waals surface area contributed by atoms with E-state index in [9.17, 15) is 9.18 Å². The number of carbonyl (C=O) groups excluding carboxylic acids is 1. The molecule has 0 fully saturated rings. The Balaban J connectivity index is 3.43. The molecular formula is C9H8FIO. The Morgan fingerprint density at radius 3 is 2.50 bits per heavy atom. The SMILES string of the molecule is CC(=O)c1c(I)ccc(C)c1F. The van der Waals surface area contributed by atoms with Crippen molar-refractivity contribution in [2.24, 2.45) is 0 Å². The Kier molecular flexibility index (Phi) is 2.82. The van der Waals surface area contributed by atoms with Gasteiger partial charge in [-0.05, 0) is 48.1 Å². The second-order valence-corrected chi connectivity index (χ2v) is 3.77. The molecule has 0 radical (unpaired) electrons. The number of benzene rings is 1. The smallest absolute Gasteiger partial charge is 0.163 e. The molecule has 0 aliphatic heterocycles. The highest BCUT2D eigenvalue weighted by molar-refractivity contribution is 14.1. The molecule has 0 aliphatic rings. The zero-order valence-electron chi connectivity index (χ0n) is 6.82. The van der Waals surface area contributed by atoms with Crippen molar-refractivity contribution in [2.45, 2.75) is 13.8 Å². The quantitative estimate of drug-likeness (QED) is 0.570. The van der Waals surface area contributed by atoms with Gasteiger partial charge in [0.25, 0.3) is 0 Å².